The molecule has 3 aromatic heterocycles. The number of hydrogen-bond acceptors (Lipinski definition) is 14. The van der Waals surface area contributed by atoms with Crippen molar-refractivity contribution in [3.05, 3.63) is 88.7 Å². The third-order valence-corrected chi connectivity index (χ3v) is 16.5. The minimum atomic E-state index is -0.768. The van der Waals surface area contributed by atoms with E-state index < -0.39 is 17.5 Å². The van der Waals surface area contributed by atoms with E-state index in [0.29, 0.717) is 61.0 Å². The third-order valence-electron chi connectivity index (χ3n) is 15.5. The van der Waals surface area contributed by atoms with Gasteiger partial charge >= 0.3 is 0 Å². The fraction of sp³-hybridized carbons (Fsp3) is 0.526. The molecule has 4 aliphatic rings. The molecule has 1 aliphatic carbocycles. The number of anilines is 3. The predicted octanol–water partition coefficient (Wildman–Crippen LogP) is 8.38. The SMILES string of the molecule is COc1cc(C(=O)NC2CCN(CCCCC(=O)NC(C(=O)N3CCCC3C(=O)NCc3ccc(-c4scnc4C)cc3)C(C)(C)C)CC2)ccc1Nc1ncc2c(n1)N(C1CCCC1)C(C(C)C)c1c(C#N)ncn1-2. The van der Waals surface area contributed by atoms with Gasteiger partial charge in [-0.1, -0.05) is 71.7 Å². The number of ether oxygens (including phenoxy) is 1. The molecule has 2 saturated heterocycles. The number of amides is 4. The monoisotopic (exact) mass is 1050 g/mol. The average molecular weight is 1050 g/mol. The van der Waals surface area contributed by atoms with Gasteiger partial charge in [-0.25, -0.2) is 15.0 Å². The molecule has 2 aromatic carbocycles. The summed E-state index contributed by atoms with van der Waals surface area (Å²) in [5.41, 5.74) is 7.54. The first-order valence-corrected chi connectivity index (χ1v) is 28.0. The van der Waals surface area contributed by atoms with Gasteiger partial charge in [0.2, 0.25) is 23.7 Å². The van der Waals surface area contributed by atoms with Gasteiger partial charge in [-0.2, -0.15) is 10.2 Å². The van der Waals surface area contributed by atoms with Crippen molar-refractivity contribution in [3.63, 3.8) is 0 Å². The predicted molar refractivity (Wildman–Crippen MR) is 293 cm³/mol. The molecule has 0 spiro atoms. The fourth-order valence-corrected chi connectivity index (χ4v) is 12.3. The van der Waals surface area contributed by atoms with E-state index in [2.05, 4.69) is 61.0 Å². The molecule has 18 nitrogen and oxygen atoms in total. The van der Waals surface area contributed by atoms with Crippen molar-refractivity contribution in [3.8, 4) is 27.9 Å². The zero-order chi connectivity index (χ0) is 53.7. The van der Waals surface area contributed by atoms with Crippen LogP contribution in [0.4, 0.5) is 17.5 Å². The number of nitrogens with one attached hydrogen (secondary N) is 4. The molecule has 19 heteroatoms. The molecule has 76 heavy (non-hydrogen) atoms. The van der Waals surface area contributed by atoms with Crippen LogP contribution in [-0.2, 0) is 20.9 Å². The summed E-state index contributed by atoms with van der Waals surface area (Å²) in [5.74, 6) is 1.13. The number of imidazole rings is 1. The molecule has 402 valence electrons. The van der Waals surface area contributed by atoms with Crippen molar-refractivity contribution in [2.45, 2.75) is 149 Å². The summed E-state index contributed by atoms with van der Waals surface area (Å²) in [5, 5.41) is 22.7. The van der Waals surface area contributed by atoms with Crippen LogP contribution >= 0.6 is 11.3 Å². The van der Waals surface area contributed by atoms with Gasteiger partial charge in [0.1, 0.15) is 35.9 Å². The normalized spacial score (nSPS) is 18.5. The number of rotatable bonds is 18. The van der Waals surface area contributed by atoms with Crippen LogP contribution in [0.1, 0.15) is 144 Å². The fourth-order valence-electron chi connectivity index (χ4n) is 11.4. The zero-order valence-electron chi connectivity index (χ0n) is 45.0. The van der Waals surface area contributed by atoms with Crippen LogP contribution in [0.25, 0.3) is 16.1 Å². The number of aromatic nitrogens is 5. The van der Waals surface area contributed by atoms with E-state index in [9.17, 15) is 24.4 Å². The van der Waals surface area contributed by atoms with Crippen LogP contribution in [0, 0.1) is 29.6 Å². The third kappa shape index (κ3) is 11.9. The molecular formula is C57H73N13O5S. The molecule has 5 aromatic rings. The summed E-state index contributed by atoms with van der Waals surface area (Å²) in [6.45, 7) is 15.5. The number of carbonyl (C=O) groups is 4. The highest BCUT2D eigenvalue weighted by atomic mass is 32.1. The quantitative estimate of drug-likeness (QED) is 0.0608. The summed E-state index contributed by atoms with van der Waals surface area (Å²) in [7, 11) is 1.58. The molecule has 0 bridgehead atoms. The molecule has 4 amide bonds. The number of nitriles is 1. The van der Waals surface area contributed by atoms with Gasteiger partial charge in [-0.05, 0) is 105 Å². The number of nitrogens with zero attached hydrogens (tertiary/aromatic N) is 9. The topological polar surface area (TPSA) is 216 Å². The van der Waals surface area contributed by atoms with Crippen LogP contribution < -0.4 is 30.9 Å². The Morgan fingerprint density at radius 2 is 1.70 bits per heavy atom. The summed E-state index contributed by atoms with van der Waals surface area (Å²) >= 11 is 1.60. The Morgan fingerprint density at radius 1 is 0.934 bits per heavy atom. The second-order valence-corrected chi connectivity index (χ2v) is 23.1. The number of aryl methyl sites for hydroxylation is 1. The van der Waals surface area contributed by atoms with E-state index in [4.69, 9.17) is 14.7 Å². The van der Waals surface area contributed by atoms with Crippen LogP contribution in [0.15, 0.2) is 60.5 Å². The van der Waals surface area contributed by atoms with Crippen molar-refractivity contribution in [2.24, 2.45) is 11.3 Å². The second kappa shape index (κ2) is 23.5. The van der Waals surface area contributed by atoms with Crippen molar-refractivity contribution >= 4 is 52.4 Å². The van der Waals surface area contributed by atoms with Crippen LogP contribution in [0.2, 0.25) is 0 Å². The highest BCUT2D eigenvalue weighted by Gasteiger charge is 2.43. The molecule has 0 radical (unpaired) electrons. The highest BCUT2D eigenvalue weighted by Crippen LogP contribution is 2.46. The van der Waals surface area contributed by atoms with Crippen molar-refractivity contribution in [1.82, 2.24) is 50.3 Å². The minimum absolute atomic E-state index is 0.0182. The Kier molecular flexibility index (Phi) is 16.7. The molecule has 3 aliphatic heterocycles. The number of likely N-dealkylation sites (tertiary alicyclic amines) is 2. The Hall–Kier alpha value is -6.91. The first kappa shape index (κ1) is 53.9. The summed E-state index contributed by atoms with van der Waals surface area (Å²) < 4.78 is 7.76. The first-order chi connectivity index (χ1) is 36.6. The first-order valence-electron chi connectivity index (χ1n) is 27.1. The van der Waals surface area contributed by atoms with Crippen LogP contribution in [0.5, 0.6) is 5.75 Å². The number of piperidine rings is 1. The second-order valence-electron chi connectivity index (χ2n) is 22.2. The van der Waals surface area contributed by atoms with Gasteiger partial charge in [0.25, 0.3) is 5.91 Å². The molecule has 3 atom stereocenters. The lowest BCUT2D eigenvalue weighted by Gasteiger charge is -2.44. The zero-order valence-corrected chi connectivity index (χ0v) is 45.8. The Balaban J connectivity index is 0.720. The lowest BCUT2D eigenvalue weighted by molar-refractivity contribution is -0.144. The van der Waals surface area contributed by atoms with Crippen molar-refractivity contribution < 1.29 is 23.9 Å². The van der Waals surface area contributed by atoms with Crippen LogP contribution in [-0.4, -0.2) is 115 Å². The lowest BCUT2D eigenvalue weighted by Crippen LogP contribution is -2.57. The number of hydrogen-bond donors (Lipinski definition) is 4. The Morgan fingerprint density at radius 3 is 2.38 bits per heavy atom. The maximum atomic E-state index is 14.1. The van der Waals surface area contributed by atoms with Gasteiger partial charge in [-0.3, -0.25) is 23.7 Å². The van der Waals surface area contributed by atoms with Gasteiger partial charge in [-0.15, -0.1) is 11.3 Å². The van der Waals surface area contributed by atoms with Gasteiger partial charge < -0.3 is 40.7 Å². The highest BCUT2D eigenvalue weighted by molar-refractivity contribution is 7.13. The summed E-state index contributed by atoms with van der Waals surface area (Å²) in [6.07, 6.45) is 12.6. The summed E-state index contributed by atoms with van der Waals surface area (Å²) in [4.78, 5) is 80.8. The molecule has 6 heterocycles. The number of benzene rings is 2. The smallest absolute Gasteiger partial charge is 0.251 e. The van der Waals surface area contributed by atoms with Crippen LogP contribution in [0.3, 0.4) is 0 Å². The van der Waals surface area contributed by atoms with Crippen molar-refractivity contribution in [2.75, 3.05) is 43.5 Å². The standard InChI is InChI=1S/C57H73N13O5S/c1-35(2)48-49-43(30-58)61-33-69(49)45-32-60-56(66-52(45)70(48)41-13-8-9-14-41)64-42-22-21-39(29-46(42)75-7)53(72)63-40-23-27-67(28-24-40)25-11-10-16-47(71)65-51(57(4,5)6)55(74)68-26-12-15-44(68)54(73)59-31-37-17-19-38(20-18-37)50-36(3)62-34-76-50/h17-22,29,32-35,40-41,44,48,51H,8-16,23-28,31H2,1-7H3,(H,59,73)(H,63,72)(H,65,71)(H,60,64,66). The molecular weight excluding hydrogens is 979 g/mol. The van der Waals surface area contributed by atoms with Gasteiger partial charge in [0.05, 0.1) is 46.8 Å². The molecule has 9 rings (SSSR count). The van der Waals surface area contributed by atoms with E-state index in [1.807, 2.05) is 68.1 Å². The minimum Gasteiger partial charge on any atom is -0.495 e. The number of carbonyl (C=O) groups excluding carboxylic acids is 4. The largest absolute Gasteiger partial charge is 0.495 e. The molecule has 1 saturated carbocycles. The van der Waals surface area contributed by atoms with E-state index in [-0.39, 0.29) is 47.7 Å². The maximum Gasteiger partial charge on any atom is 0.251 e. The number of fused-ring (bicyclic) bond motifs is 3. The number of methoxy groups -OCH3 is 1. The molecule has 3 fully saturated rings. The maximum absolute atomic E-state index is 14.1. The van der Waals surface area contributed by atoms with E-state index in [0.717, 1.165) is 110 Å². The average Bonchev–Trinajstić information content (AvgIpc) is 4.30. The van der Waals surface area contributed by atoms with Crippen molar-refractivity contribution in [1.29, 1.82) is 5.26 Å². The van der Waals surface area contributed by atoms with Gasteiger partial charge in [0.15, 0.2) is 11.5 Å². The Labute approximate surface area is 450 Å². The van der Waals surface area contributed by atoms with E-state index in [1.54, 1.807) is 48.0 Å². The summed E-state index contributed by atoms with van der Waals surface area (Å²) in [6, 6.07) is 14.6. The Bertz CT molecular complexity index is 2930. The molecule has 3 unspecified atom stereocenters. The molecule has 4 N–H and O–H groups in total. The van der Waals surface area contributed by atoms with E-state index in [1.165, 1.54) is 0 Å². The van der Waals surface area contributed by atoms with E-state index >= 15 is 0 Å². The number of thiazole rings is 1. The lowest BCUT2D eigenvalue weighted by atomic mass is 9.85. The number of unbranched alkanes of at least 4 members (excludes halogenated alkanes) is 1. The van der Waals surface area contributed by atoms with Gasteiger partial charge in [0, 0.05) is 50.2 Å².